The maximum atomic E-state index is 12.3. The van der Waals surface area contributed by atoms with E-state index in [-0.39, 0.29) is 41.7 Å². The molecule has 132 valence electrons. The van der Waals surface area contributed by atoms with E-state index in [1.54, 1.807) is 13.8 Å². The normalized spacial score (nSPS) is 10.2. The van der Waals surface area contributed by atoms with Gasteiger partial charge in [0.2, 0.25) is 5.88 Å². The van der Waals surface area contributed by atoms with Gasteiger partial charge in [0, 0.05) is 12.4 Å². The first kappa shape index (κ1) is 18.1. The lowest BCUT2D eigenvalue weighted by atomic mass is 10.1. The molecule has 2 aromatic heterocycles. The number of nitrogens with one attached hydrogen (secondary N) is 1. The number of carbonyl (C=O) groups excluding carboxylic acids is 3. The summed E-state index contributed by atoms with van der Waals surface area (Å²) >= 11 is 0. The Hall–Kier alpha value is -3.23. The maximum absolute atomic E-state index is 12.3. The van der Waals surface area contributed by atoms with Crippen LogP contribution in [-0.4, -0.2) is 41.0 Å². The Bertz CT molecular complexity index is 785. The molecule has 9 nitrogen and oxygen atoms in total. The summed E-state index contributed by atoms with van der Waals surface area (Å²) in [6, 6.07) is 0. The molecule has 0 aliphatic rings. The number of carbonyl (C=O) groups is 3. The number of ether oxygens (including phenoxy) is 2. The van der Waals surface area contributed by atoms with E-state index in [1.165, 1.54) is 25.5 Å². The van der Waals surface area contributed by atoms with Crippen LogP contribution in [0.3, 0.4) is 0 Å². The summed E-state index contributed by atoms with van der Waals surface area (Å²) in [5.41, 5.74) is -0.270. The van der Waals surface area contributed by atoms with Crippen LogP contribution >= 0.6 is 0 Å². The Morgan fingerprint density at radius 3 is 2.28 bits per heavy atom. The quantitative estimate of drug-likeness (QED) is 0.787. The zero-order valence-electron chi connectivity index (χ0n) is 14.0. The number of hydrogen-bond acceptors (Lipinski definition) is 8. The number of hydrogen-bond donors (Lipinski definition) is 1. The monoisotopic (exact) mass is 347 g/mol. The van der Waals surface area contributed by atoms with Crippen molar-refractivity contribution in [1.82, 2.24) is 9.97 Å². The highest BCUT2D eigenvalue weighted by Crippen LogP contribution is 2.29. The second kappa shape index (κ2) is 8.04. The van der Waals surface area contributed by atoms with Crippen LogP contribution in [0.5, 0.6) is 0 Å². The number of amides is 1. The molecule has 0 bridgehead atoms. The van der Waals surface area contributed by atoms with Crippen LogP contribution in [0.15, 0.2) is 23.0 Å². The third-order valence-electron chi connectivity index (χ3n) is 3.07. The van der Waals surface area contributed by atoms with Gasteiger partial charge in [-0.25, -0.2) is 14.6 Å². The van der Waals surface area contributed by atoms with Crippen LogP contribution in [0.25, 0.3) is 0 Å². The number of nitrogens with zero attached hydrogens (tertiary/aromatic N) is 2. The van der Waals surface area contributed by atoms with Gasteiger partial charge < -0.3 is 13.9 Å². The number of anilines is 1. The fourth-order valence-electron chi connectivity index (χ4n) is 2.06. The molecule has 1 amide bonds. The van der Waals surface area contributed by atoms with Crippen molar-refractivity contribution in [3.8, 4) is 0 Å². The van der Waals surface area contributed by atoms with Crippen molar-refractivity contribution in [2.24, 2.45) is 0 Å². The molecule has 2 heterocycles. The predicted molar refractivity (Wildman–Crippen MR) is 85.3 cm³/mol. The van der Waals surface area contributed by atoms with Gasteiger partial charge in [0.25, 0.3) is 5.91 Å². The molecule has 9 heteroatoms. The summed E-state index contributed by atoms with van der Waals surface area (Å²) in [5, 5.41) is 2.41. The number of rotatable bonds is 6. The molecule has 2 aromatic rings. The Labute approximate surface area is 143 Å². The van der Waals surface area contributed by atoms with E-state index in [9.17, 15) is 14.4 Å². The highest BCUT2D eigenvalue weighted by atomic mass is 16.5. The molecule has 0 aliphatic heterocycles. The molecule has 0 atom stereocenters. The second-order valence-electron chi connectivity index (χ2n) is 4.72. The Morgan fingerprint density at radius 1 is 1.08 bits per heavy atom. The minimum atomic E-state index is -0.808. The van der Waals surface area contributed by atoms with E-state index in [0.29, 0.717) is 0 Å². The summed E-state index contributed by atoms with van der Waals surface area (Å²) in [6.45, 7) is 4.93. The van der Waals surface area contributed by atoms with Gasteiger partial charge in [-0.2, -0.15) is 0 Å². The molecule has 2 rings (SSSR count). The Morgan fingerprint density at radius 2 is 1.72 bits per heavy atom. The van der Waals surface area contributed by atoms with E-state index >= 15 is 0 Å². The molecule has 0 unspecified atom stereocenters. The van der Waals surface area contributed by atoms with E-state index in [4.69, 9.17) is 13.9 Å². The van der Waals surface area contributed by atoms with Gasteiger partial charge in [0.1, 0.15) is 22.6 Å². The second-order valence-corrected chi connectivity index (χ2v) is 4.72. The zero-order chi connectivity index (χ0) is 18.4. The molecular weight excluding hydrogens is 330 g/mol. The number of esters is 2. The van der Waals surface area contributed by atoms with Gasteiger partial charge in [0.15, 0.2) is 0 Å². The molecular formula is C16H17N3O6. The fraction of sp³-hybridized carbons (Fsp3) is 0.312. The molecule has 0 fully saturated rings. The third-order valence-corrected chi connectivity index (χ3v) is 3.07. The molecule has 0 saturated heterocycles. The maximum Gasteiger partial charge on any atom is 0.344 e. The van der Waals surface area contributed by atoms with Crippen molar-refractivity contribution < 1.29 is 28.3 Å². The summed E-state index contributed by atoms with van der Waals surface area (Å²) in [6.07, 6.45) is 4.01. The summed E-state index contributed by atoms with van der Waals surface area (Å²) in [7, 11) is 0. The molecule has 0 aliphatic carbocycles. The van der Waals surface area contributed by atoms with E-state index < -0.39 is 17.8 Å². The van der Waals surface area contributed by atoms with Crippen molar-refractivity contribution in [1.29, 1.82) is 0 Å². The van der Waals surface area contributed by atoms with Crippen LogP contribution in [0, 0.1) is 6.92 Å². The van der Waals surface area contributed by atoms with Gasteiger partial charge >= 0.3 is 11.9 Å². The molecule has 1 N–H and O–H groups in total. The van der Waals surface area contributed by atoms with Gasteiger partial charge in [-0.05, 0) is 20.8 Å². The summed E-state index contributed by atoms with van der Waals surface area (Å²) < 4.78 is 15.3. The predicted octanol–water partition coefficient (Wildman–Crippen LogP) is 1.98. The standard InChI is InChI=1S/C16H17N3O6/c1-4-23-15(21)11-9(3)25-14(12(11)16(22)24-5-2)19-13(20)10-8-17-6-7-18-10/h6-8H,4-5H2,1-3H3,(H,19,20). The molecule has 25 heavy (non-hydrogen) atoms. The average Bonchev–Trinajstić information content (AvgIpc) is 2.92. The molecule has 0 aromatic carbocycles. The minimum Gasteiger partial charge on any atom is -0.462 e. The number of furan rings is 1. The summed E-state index contributed by atoms with van der Waals surface area (Å²) in [4.78, 5) is 44.3. The number of aryl methyl sites for hydroxylation is 1. The van der Waals surface area contributed by atoms with Crippen LogP contribution in [0.2, 0.25) is 0 Å². The topological polar surface area (TPSA) is 121 Å². The van der Waals surface area contributed by atoms with E-state index in [1.807, 2.05) is 0 Å². The fourth-order valence-corrected chi connectivity index (χ4v) is 2.06. The van der Waals surface area contributed by atoms with Crippen LogP contribution < -0.4 is 5.32 Å². The lowest BCUT2D eigenvalue weighted by Gasteiger charge is -2.06. The first-order chi connectivity index (χ1) is 12.0. The zero-order valence-corrected chi connectivity index (χ0v) is 14.0. The third kappa shape index (κ3) is 4.00. The van der Waals surface area contributed by atoms with Gasteiger partial charge in [-0.3, -0.25) is 15.1 Å². The van der Waals surface area contributed by atoms with Crippen LogP contribution in [0.4, 0.5) is 5.88 Å². The largest absolute Gasteiger partial charge is 0.462 e. The first-order valence-corrected chi connectivity index (χ1v) is 7.54. The lowest BCUT2D eigenvalue weighted by molar-refractivity contribution is 0.0480. The van der Waals surface area contributed by atoms with Crippen molar-refractivity contribution in [3.63, 3.8) is 0 Å². The lowest BCUT2D eigenvalue weighted by Crippen LogP contribution is -2.18. The van der Waals surface area contributed by atoms with Gasteiger partial charge in [-0.1, -0.05) is 0 Å². The minimum absolute atomic E-state index is 0.0176. The van der Waals surface area contributed by atoms with Crippen molar-refractivity contribution in [2.45, 2.75) is 20.8 Å². The van der Waals surface area contributed by atoms with Crippen molar-refractivity contribution in [2.75, 3.05) is 18.5 Å². The highest BCUT2D eigenvalue weighted by Gasteiger charge is 2.31. The van der Waals surface area contributed by atoms with Crippen molar-refractivity contribution in [3.05, 3.63) is 41.2 Å². The Kier molecular flexibility index (Phi) is 5.83. The molecule has 0 saturated carbocycles. The highest BCUT2D eigenvalue weighted by molar-refractivity contribution is 6.11. The van der Waals surface area contributed by atoms with E-state index in [0.717, 1.165) is 0 Å². The van der Waals surface area contributed by atoms with Crippen LogP contribution in [-0.2, 0) is 9.47 Å². The molecule has 0 spiro atoms. The smallest absolute Gasteiger partial charge is 0.344 e. The van der Waals surface area contributed by atoms with Crippen LogP contribution in [0.1, 0.15) is 50.8 Å². The average molecular weight is 347 g/mol. The Balaban J connectivity index is 2.43. The van der Waals surface area contributed by atoms with Gasteiger partial charge in [0.05, 0.1) is 19.4 Å². The van der Waals surface area contributed by atoms with E-state index in [2.05, 4.69) is 15.3 Å². The van der Waals surface area contributed by atoms with Gasteiger partial charge in [-0.15, -0.1) is 0 Å². The van der Waals surface area contributed by atoms with Crippen molar-refractivity contribution >= 4 is 23.7 Å². The number of aromatic nitrogens is 2. The first-order valence-electron chi connectivity index (χ1n) is 7.54. The SMILES string of the molecule is CCOC(=O)c1c(C)oc(NC(=O)c2cnccn2)c1C(=O)OCC. The molecule has 0 radical (unpaired) electrons. The summed E-state index contributed by atoms with van der Waals surface area (Å²) in [5.74, 6) is -2.29.